The summed E-state index contributed by atoms with van der Waals surface area (Å²) < 4.78 is 11.2. The predicted octanol–water partition coefficient (Wildman–Crippen LogP) is 4.34. The first-order valence-electron chi connectivity index (χ1n) is 8.63. The van der Waals surface area contributed by atoms with Crippen LogP contribution in [0.15, 0.2) is 63.3 Å². The van der Waals surface area contributed by atoms with Gasteiger partial charge in [-0.3, -0.25) is 9.59 Å². The quantitative estimate of drug-likeness (QED) is 0.701. The van der Waals surface area contributed by atoms with Gasteiger partial charge in [-0.15, -0.1) is 0 Å². The molecule has 136 valence electrons. The molecule has 1 heterocycles. The number of rotatable bonds is 3. The molecule has 3 aliphatic rings. The number of hydrogen-bond donors (Lipinski definition) is 1. The molecule has 1 unspecified atom stereocenters. The van der Waals surface area contributed by atoms with E-state index in [1.165, 1.54) is 12.1 Å². The van der Waals surface area contributed by atoms with E-state index in [4.69, 9.17) is 9.15 Å². The van der Waals surface area contributed by atoms with Crippen LogP contribution >= 0.6 is 0 Å². The van der Waals surface area contributed by atoms with Crippen LogP contribution in [0.2, 0.25) is 0 Å². The van der Waals surface area contributed by atoms with Gasteiger partial charge in [0.05, 0.1) is 13.0 Å². The molecule has 27 heavy (non-hydrogen) atoms. The lowest BCUT2D eigenvalue weighted by atomic mass is 9.80. The number of ether oxygens (including phenoxy) is 1. The Balaban J connectivity index is 2.11. The lowest BCUT2D eigenvalue weighted by molar-refractivity contribution is -0.139. The van der Waals surface area contributed by atoms with E-state index >= 15 is 0 Å². The van der Waals surface area contributed by atoms with E-state index in [2.05, 4.69) is 0 Å². The first kappa shape index (κ1) is 17.1. The Labute approximate surface area is 155 Å². The molecule has 0 saturated carbocycles. The molecule has 0 radical (unpaired) electrons. The molecule has 5 nitrogen and oxygen atoms in total. The van der Waals surface area contributed by atoms with E-state index in [0.717, 1.165) is 22.1 Å². The molecule has 1 atom stereocenters. The number of allylic oxidation sites excluding steroid dienone is 3. The average molecular weight is 362 g/mol. The van der Waals surface area contributed by atoms with Gasteiger partial charge in [-0.1, -0.05) is 17.7 Å². The van der Waals surface area contributed by atoms with Crippen molar-refractivity contribution in [2.75, 3.05) is 7.11 Å². The number of carboxylic acid groups (broad SMARTS) is 1. The Morgan fingerprint density at radius 3 is 2.74 bits per heavy atom. The number of aliphatic carboxylic acids is 1. The summed E-state index contributed by atoms with van der Waals surface area (Å²) in [7, 11) is 1.57. The van der Waals surface area contributed by atoms with Crippen LogP contribution < -0.4 is 10.2 Å². The molecule has 0 bridgehead atoms. The summed E-state index contributed by atoms with van der Waals surface area (Å²) in [6.07, 6.45) is 4.26. The summed E-state index contributed by atoms with van der Waals surface area (Å²) in [5.74, 6) is -0.477. The van der Waals surface area contributed by atoms with Crippen LogP contribution in [0.1, 0.15) is 18.9 Å². The summed E-state index contributed by atoms with van der Waals surface area (Å²) in [6.45, 7) is 1.92. The fourth-order valence-corrected chi connectivity index (χ4v) is 3.61. The van der Waals surface area contributed by atoms with Gasteiger partial charge in [0.1, 0.15) is 17.1 Å². The Hall–Kier alpha value is -3.34. The third-order valence-electron chi connectivity index (χ3n) is 4.94. The zero-order chi connectivity index (χ0) is 19.1. The van der Waals surface area contributed by atoms with Crippen LogP contribution in [0.25, 0.3) is 27.9 Å². The molecular formula is C22H18O5. The predicted molar refractivity (Wildman–Crippen MR) is 103 cm³/mol. The minimum atomic E-state index is -0.871. The maximum absolute atomic E-state index is 11.9. The molecule has 0 amide bonds. The zero-order valence-corrected chi connectivity index (χ0v) is 15.0. The highest BCUT2D eigenvalue weighted by Crippen LogP contribution is 2.43. The van der Waals surface area contributed by atoms with Gasteiger partial charge in [-0.2, -0.15) is 0 Å². The van der Waals surface area contributed by atoms with Crippen molar-refractivity contribution >= 4 is 22.5 Å². The Morgan fingerprint density at radius 1 is 1.19 bits per heavy atom. The van der Waals surface area contributed by atoms with Gasteiger partial charge in [0, 0.05) is 28.6 Å². The standard InChI is InChI=1S/C22H18O5/c1-12-3-6-15(18(9-12)22(24)25)21-16-7-4-13(23)10-19(16)27-20-11-14(26-2)5-8-17(20)21/h3-8,10-11,18H,9H2,1-2H3,(H,24,25). The number of carboxylic acids is 1. The third kappa shape index (κ3) is 2.91. The lowest BCUT2D eigenvalue weighted by Crippen LogP contribution is -2.19. The summed E-state index contributed by atoms with van der Waals surface area (Å²) >= 11 is 0. The Bertz CT molecular complexity index is 1150. The highest BCUT2D eigenvalue weighted by molar-refractivity contribution is 6.03. The maximum atomic E-state index is 11.9. The Kier molecular flexibility index (Phi) is 4.07. The topological polar surface area (TPSA) is 76.7 Å². The molecular weight excluding hydrogens is 344 g/mol. The molecule has 0 spiro atoms. The molecule has 5 heteroatoms. The summed E-state index contributed by atoms with van der Waals surface area (Å²) in [5, 5.41) is 10.6. The van der Waals surface area contributed by atoms with Crippen LogP contribution in [0, 0.1) is 5.92 Å². The minimum Gasteiger partial charge on any atom is -0.497 e. The molecule has 1 N–H and O–H groups in total. The molecule has 1 aromatic rings. The first-order chi connectivity index (χ1) is 13.0. The maximum Gasteiger partial charge on any atom is 0.311 e. The van der Waals surface area contributed by atoms with Crippen LogP contribution in [-0.2, 0) is 4.79 Å². The van der Waals surface area contributed by atoms with Gasteiger partial charge < -0.3 is 14.3 Å². The van der Waals surface area contributed by atoms with Crippen molar-refractivity contribution in [3.05, 3.63) is 69.9 Å². The number of benzene rings is 2. The second kappa shape index (κ2) is 6.43. The third-order valence-corrected chi connectivity index (χ3v) is 4.94. The van der Waals surface area contributed by atoms with Crippen molar-refractivity contribution in [1.29, 1.82) is 0 Å². The monoisotopic (exact) mass is 362 g/mol. The Morgan fingerprint density at radius 2 is 2.00 bits per heavy atom. The lowest BCUT2D eigenvalue weighted by Gasteiger charge is -2.24. The normalized spacial score (nSPS) is 16.9. The molecule has 1 aliphatic heterocycles. The van der Waals surface area contributed by atoms with Crippen molar-refractivity contribution < 1.29 is 19.1 Å². The molecule has 2 aliphatic carbocycles. The zero-order valence-electron chi connectivity index (χ0n) is 15.0. The fraction of sp³-hybridized carbons (Fsp3) is 0.182. The summed E-state index contributed by atoms with van der Waals surface area (Å²) in [5.41, 5.74) is 3.61. The van der Waals surface area contributed by atoms with Crippen LogP contribution in [0.3, 0.4) is 0 Å². The van der Waals surface area contributed by atoms with E-state index in [1.807, 2.05) is 31.2 Å². The van der Waals surface area contributed by atoms with E-state index < -0.39 is 11.9 Å². The van der Waals surface area contributed by atoms with Gasteiger partial charge in [0.2, 0.25) is 0 Å². The molecule has 4 rings (SSSR count). The van der Waals surface area contributed by atoms with Crippen molar-refractivity contribution in [2.45, 2.75) is 13.3 Å². The van der Waals surface area contributed by atoms with Gasteiger partial charge >= 0.3 is 5.97 Å². The van der Waals surface area contributed by atoms with E-state index in [1.54, 1.807) is 19.2 Å². The van der Waals surface area contributed by atoms with Crippen LogP contribution in [0.5, 0.6) is 5.75 Å². The minimum absolute atomic E-state index is 0.164. The van der Waals surface area contributed by atoms with Crippen molar-refractivity contribution in [2.24, 2.45) is 5.92 Å². The van der Waals surface area contributed by atoms with E-state index in [-0.39, 0.29) is 5.43 Å². The number of methoxy groups -OCH3 is 1. The molecule has 0 aromatic heterocycles. The van der Waals surface area contributed by atoms with E-state index in [0.29, 0.717) is 29.1 Å². The van der Waals surface area contributed by atoms with Crippen LogP contribution in [0.4, 0.5) is 0 Å². The highest BCUT2D eigenvalue weighted by Gasteiger charge is 2.30. The SMILES string of the molecule is COc1ccc2c(C3=CC=C(C)CC3C(=O)O)c3ccc(=O)cc-3oc2c1. The largest absolute Gasteiger partial charge is 0.497 e. The number of carbonyl (C=O) groups is 1. The average Bonchev–Trinajstić information content (AvgIpc) is 2.65. The van der Waals surface area contributed by atoms with Gasteiger partial charge in [0.25, 0.3) is 0 Å². The molecule has 0 saturated heterocycles. The van der Waals surface area contributed by atoms with Crippen LogP contribution in [-0.4, -0.2) is 18.2 Å². The van der Waals surface area contributed by atoms with Gasteiger partial charge in [-0.05, 0) is 43.2 Å². The van der Waals surface area contributed by atoms with Gasteiger partial charge in [0.15, 0.2) is 5.43 Å². The number of hydrogen-bond acceptors (Lipinski definition) is 4. The van der Waals surface area contributed by atoms with E-state index in [9.17, 15) is 14.7 Å². The first-order valence-corrected chi connectivity index (χ1v) is 8.63. The fourth-order valence-electron chi connectivity index (χ4n) is 3.61. The number of fused-ring (bicyclic) bond motifs is 2. The smallest absolute Gasteiger partial charge is 0.311 e. The van der Waals surface area contributed by atoms with Crippen molar-refractivity contribution in [3.63, 3.8) is 0 Å². The second-order valence-corrected chi connectivity index (χ2v) is 6.73. The summed E-state index contributed by atoms with van der Waals surface area (Å²) in [4.78, 5) is 23.8. The van der Waals surface area contributed by atoms with Crippen molar-refractivity contribution in [1.82, 2.24) is 0 Å². The summed E-state index contributed by atoms with van der Waals surface area (Å²) in [6, 6.07) is 10.0. The molecule has 1 aromatic carbocycles. The second-order valence-electron chi connectivity index (χ2n) is 6.73. The molecule has 0 fully saturated rings. The highest BCUT2D eigenvalue weighted by atomic mass is 16.5. The van der Waals surface area contributed by atoms with Crippen molar-refractivity contribution in [3.8, 4) is 17.1 Å². The van der Waals surface area contributed by atoms with Gasteiger partial charge in [-0.25, -0.2) is 0 Å².